The lowest BCUT2D eigenvalue weighted by atomic mass is 10.2. The first-order valence-corrected chi connectivity index (χ1v) is 10.1. The Morgan fingerprint density at radius 1 is 0.931 bits per heavy atom. The van der Waals surface area contributed by atoms with Gasteiger partial charge in [0.05, 0.1) is 16.8 Å². The highest BCUT2D eigenvalue weighted by Gasteiger charge is 2.04. The maximum atomic E-state index is 10.9. The second-order valence-electron chi connectivity index (χ2n) is 6.33. The van der Waals surface area contributed by atoms with Crippen molar-refractivity contribution >= 4 is 40.2 Å². The lowest BCUT2D eigenvalue weighted by Gasteiger charge is -2.08. The number of carboxylic acids is 1. The summed E-state index contributed by atoms with van der Waals surface area (Å²) < 4.78 is 5.85. The Kier molecular flexibility index (Phi) is 5.69. The van der Waals surface area contributed by atoms with Gasteiger partial charge in [0.2, 0.25) is 0 Å². The van der Waals surface area contributed by atoms with Gasteiger partial charge in [0, 0.05) is 20.2 Å². The van der Waals surface area contributed by atoms with Crippen molar-refractivity contribution in [3.05, 3.63) is 95.1 Å². The molecule has 0 aliphatic carbocycles. The molecule has 4 rings (SSSR count). The average molecular weight is 422 g/mol. The molecule has 6 heteroatoms. The SMILES string of the molecule is O=C(O)c1ccc(Sc2ccc(OCc3ccc4cc(Cl)ccc4n3)cc2)cc1. The van der Waals surface area contributed by atoms with Gasteiger partial charge in [-0.1, -0.05) is 29.4 Å². The van der Waals surface area contributed by atoms with Gasteiger partial charge in [-0.25, -0.2) is 9.78 Å². The number of aromatic carboxylic acids is 1. The van der Waals surface area contributed by atoms with Crippen LogP contribution in [0.15, 0.2) is 88.7 Å². The van der Waals surface area contributed by atoms with Crippen molar-refractivity contribution in [2.24, 2.45) is 0 Å². The van der Waals surface area contributed by atoms with Gasteiger partial charge in [-0.05, 0) is 72.8 Å². The standard InChI is InChI=1S/C23H16ClNO3S/c24-17-4-12-22-16(13-17)1-5-18(25-22)14-28-19-6-10-21(11-7-19)29-20-8-2-15(3-9-20)23(26)27/h1-13H,14H2,(H,26,27). The van der Waals surface area contributed by atoms with Crippen LogP contribution in [-0.4, -0.2) is 16.1 Å². The lowest BCUT2D eigenvalue weighted by Crippen LogP contribution is -1.98. The Hall–Kier alpha value is -3.02. The van der Waals surface area contributed by atoms with Gasteiger partial charge in [0.25, 0.3) is 0 Å². The number of rotatable bonds is 6. The van der Waals surface area contributed by atoms with Gasteiger partial charge < -0.3 is 9.84 Å². The molecular formula is C23H16ClNO3S. The third-order valence-corrected chi connectivity index (χ3v) is 5.51. The Morgan fingerprint density at radius 3 is 2.31 bits per heavy atom. The topological polar surface area (TPSA) is 59.4 Å². The monoisotopic (exact) mass is 421 g/mol. The summed E-state index contributed by atoms with van der Waals surface area (Å²) in [4.78, 5) is 17.5. The highest BCUT2D eigenvalue weighted by Crippen LogP contribution is 2.29. The normalized spacial score (nSPS) is 10.8. The number of ether oxygens (including phenoxy) is 1. The Balaban J connectivity index is 1.38. The van der Waals surface area contributed by atoms with Gasteiger partial charge >= 0.3 is 5.97 Å². The fourth-order valence-corrected chi connectivity index (χ4v) is 3.78. The summed E-state index contributed by atoms with van der Waals surface area (Å²) in [6.07, 6.45) is 0. The Bertz CT molecular complexity index is 1160. The van der Waals surface area contributed by atoms with Gasteiger partial charge in [0.15, 0.2) is 0 Å². The second kappa shape index (κ2) is 8.55. The first-order valence-electron chi connectivity index (χ1n) is 8.86. The summed E-state index contributed by atoms with van der Waals surface area (Å²) in [5.41, 5.74) is 2.01. The van der Waals surface area contributed by atoms with Crippen LogP contribution in [0.1, 0.15) is 16.1 Å². The minimum atomic E-state index is -0.923. The summed E-state index contributed by atoms with van der Waals surface area (Å²) >= 11 is 7.57. The van der Waals surface area contributed by atoms with E-state index < -0.39 is 5.97 Å². The van der Waals surface area contributed by atoms with Crippen LogP contribution in [-0.2, 0) is 6.61 Å². The molecule has 0 aliphatic heterocycles. The maximum Gasteiger partial charge on any atom is 0.335 e. The quantitative estimate of drug-likeness (QED) is 0.395. The van der Waals surface area contributed by atoms with Crippen molar-refractivity contribution in [3.63, 3.8) is 0 Å². The Labute approximate surface area is 177 Å². The molecule has 0 saturated heterocycles. The average Bonchev–Trinajstić information content (AvgIpc) is 2.73. The lowest BCUT2D eigenvalue weighted by molar-refractivity contribution is 0.0697. The van der Waals surface area contributed by atoms with E-state index in [1.165, 1.54) is 0 Å². The predicted molar refractivity (Wildman–Crippen MR) is 115 cm³/mol. The van der Waals surface area contributed by atoms with Crippen molar-refractivity contribution < 1.29 is 14.6 Å². The Morgan fingerprint density at radius 2 is 1.62 bits per heavy atom. The van der Waals surface area contributed by atoms with Crippen molar-refractivity contribution in [1.29, 1.82) is 0 Å². The van der Waals surface area contributed by atoms with Gasteiger partial charge in [0.1, 0.15) is 12.4 Å². The van der Waals surface area contributed by atoms with Crippen molar-refractivity contribution in [1.82, 2.24) is 4.98 Å². The molecule has 1 aromatic heterocycles. The molecule has 144 valence electrons. The number of aromatic nitrogens is 1. The summed E-state index contributed by atoms with van der Waals surface area (Å²) in [5.74, 6) is -0.165. The molecule has 4 aromatic rings. The smallest absolute Gasteiger partial charge is 0.335 e. The zero-order valence-electron chi connectivity index (χ0n) is 15.2. The summed E-state index contributed by atoms with van der Waals surface area (Å²) in [6, 6.07) is 24.1. The number of hydrogen-bond acceptors (Lipinski definition) is 4. The number of hydrogen-bond donors (Lipinski definition) is 1. The third-order valence-electron chi connectivity index (χ3n) is 4.26. The highest BCUT2D eigenvalue weighted by atomic mass is 35.5. The molecule has 4 nitrogen and oxygen atoms in total. The molecule has 1 heterocycles. The number of nitrogens with zero attached hydrogens (tertiary/aromatic N) is 1. The summed E-state index contributed by atoms with van der Waals surface area (Å²) in [5, 5.41) is 10.7. The number of benzene rings is 3. The van der Waals surface area contributed by atoms with E-state index in [-0.39, 0.29) is 5.56 Å². The van der Waals surface area contributed by atoms with Gasteiger partial charge in [-0.2, -0.15) is 0 Å². The molecule has 0 saturated carbocycles. The fourth-order valence-electron chi connectivity index (χ4n) is 2.78. The van der Waals surface area contributed by atoms with Crippen LogP contribution in [0, 0.1) is 0 Å². The van der Waals surface area contributed by atoms with Crippen LogP contribution in [0.2, 0.25) is 5.02 Å². The molecule has 3 aromatic carbocycles. The van der Waals surface area contributed by atoms with Crippen LogP contribution < -0.4 is 4.74 Å². The van der Waals surface area contributed by atoms with Gasteiger partial charge in [-0.15, -0.1) is 0 Å². The zero-order chi connectivity index (χ0) is 20.2. The first-order chi connectivity index (χ1) is 14.1. The van der Waals surface area contributed by atoms with E-state index in [0.29, 0.717) is 11.6 Å². The molecule has 0 atom stereocenters. The fraction of sp³-hybridized carbons (Fsp3) is 0.0435. The van der Waals surface area contributed by atoms with Crippen LogP contribution in [0.4, 0.5) is 0 Å². The van der Waals surface area contributed by atoms with E-state index in [2.05, 4.69) is 4.98 Å². The molecule has 0 spiro atoms. The number of pyridine rings is 1. The number of fused-ring (bicyclic) bond motifs is 1. The minimum absolute atomic E-state index is 0.281. The van der Waals surface area contributed by atoms with Crippen LogP contribution in [0.25, 0.3) is 10.9 Å². The van der Waals surface area contributed by atoms with E-state index in [0.717, 1.165) is 32.1 Å². The summed E-state index contributed by atoms with van der Waals surface area (Å²) in [7, 11) is 0. The van der Waals surface area contributed by atoms with E-state index in [9.17, 15) is 4.79 Å². The zero-order valence-corrected chi connectivity index (χ0v) is 16.8. The number of carbonyl (C=O) groups is 1. The largest absolute Gasteiger partial charge is 0.487 e. The highest BCUT2D eigenvalue weighted by molar-refractivity contribution is 7.99. The molecule has 0 amide bonds. The van der Waals surface area contributed by atoms with Crippen molar-refractivity contribution in [2.75, 3.05) is 0 Å². The van der Waals surface area contributed by atoms with E-state index in [4.69, 9.17) is 21.4 Å². The van der Waals surface area contributed by atoms with E-state index in [1.807, 2.05) is 54.6 Å². The molecule has 1 N–H and O–H groups in total. The number of carboxylic acid groups (broad SMARTS) is 1. The van der Waals surface area contributed by atoms with Gasteiger partial charge in [-0.3, -0.25) is 0 Å². The van der Waals surface area contributed by atoms with Crippen LogP contribution in [0.5, 0.6) is 5.75 Å². The first kappa shape index (κ1) is 19.3. The summed E-state index contributed by atoms with van der Waals surface area (Å²) in [6.45, 7) is 0.377. The molecule has 0 bridgehead atoms. The molecule has 29 heavy (non-hydrogen) atoms. The third kappa shape index (κ3) is 4.88. The maximum absolute atomic E-state index is 10.9. The van der Waals surface area contributed by atoms with Crippen molar-refractivity contribution in [2.45, 2.75) is 16.4 Å². The molecular weight excluding hydrogens is 406 g/mol. The molecule has 0 radical (unpaired) electrons. The van der Waals surface area contributed by atoms with E-state index in [1.54, 1.807) is 36.0 Å². The second-order valence-corrected chi connectivity index (χ2v) is 7.91. The molecule has 0 fully saturated rings. The predicted octanol–water partition coefficient (Wildman–Crippen LogP) is 6.32. The minimum Gasteiger partial charge on any atom is -0.487 e. The van der Waals surface area contributed by atoms with Crippen LogP contribution in [0.3, 0.4) is 0 Å². The number of halogens is 1. The molecule has 0 unspecified atom stereocenters. The van der Waals surface area contributed by atoms with Crippen molar-refractivity contribution in [3.8, 4) is 5.75 Å². The van der Waals surface area contributed by atoms with Crippen LogP contribution >= 0.6 is 23.4 Å². The van der Waals surface area contributed by atoms with E-state index >= 15 is 0 Å². The molecule has 0 aliphatic rings.